The number of anilines is 1. The smallest absolute Gasteiger partial charge is 0.361 e. The first-order valence-electron chi connectivity index (χ1n) is 6.61. The summed E-state index contributed by atoms with van der Waals surface area (Å²) in [6, 6.07) is 8.05. The molecule has 2 N–H and O–H groups in total. The fourth-order valence-corrected chi connectivity index (χ4v) is 2.52. The summed E-state index contributed by atoms with van der Waals surface area (Å²) in [5.74, 6) is -0.418. The molecule has 1 atom stereocenters. The van der Waals surface area contributed by atoms with Gasteiger partial charge in [0.2, 0.25) is 0 Å². The van der Waals surface area contributed by atoms with Crippen molar-refractivity contribution in [2.45, 2.75) is 25.4 Å². The van der Waals surface area contributed by atoms with Crippen molar-refractivity contribution in [3.63, 3.8) is 0 Å². The quantitative estimate of drug-likeness (QED) is 0.846. The van der Waals surface area contributed by atoms with E-state index in [1.807, 2.05) is 18.2 Å². The monoisotopic (exact) mass is 269 g/mol. The molecule has 20 heavy (non-hydrogen) atoms. The van der Waals surface area contributed by atoms with Gasteiger partial charge in [-0.3, -0.25) is 0 Å². The highest BCUT2D eigenvalue weighted by Crippen LogP contribution is 2.32. The van der Waals surface area contributed by atoms with Gasteiger partial charge in [0.1, 0.15) is 6.10 Å². The molecule has 0 fully saturated rings. The Morgan fingerprint density at radius 1 is 1.25 bits per heavy atom. The van der Waals surface area contributed by atoms with Crippen molar-refractivity contribution in [3.8, 4) is 0 Å². The molecule has 2 aromatic rings. The van der Waals surface area contributed by atoms with Gasteiger partial charge < -0.3 is 10.5 Å². The number of benzene rings is 1. The van der Waals surface area contributed by atoms with Gasteiger partial charge in [-0.25, -0.2) is 14.8 Å². The summed E-state index contributed by atoms with van der Waals surface area (Å²) < 4.78 is 5.56. The number of carbonyl (C=O) groups excluding carboxylic acids is 1. The highest BCUT2D eigenvalue weighted by molar-refractivity contribution is 5.91. The first kappa shape index (κ1) is 12.6. The SMILES string of the molecule is Nc1nccnc1C(=O)OC1CCCc2ccccc21. The van der Waals surface area contributed by atoms with Gasteiger partial charge in [-0.2, -0.15) is 0 Å². The average Bonchev–Trinajstić information content (AvgIpc) is 2.48. The summed E-state index contributed by atoms with van der Waals surface area (Å²) in [5, 5.41) is 0. The number of nitrogens with zero attached hydrogens (tertiary/aromatic N) is 2. The van der Waals surface area contributed by atoms with E-state index in [0.717, 1.165) is 24.8 Å². The maximum absolute atomic E-state index is 12.1. The van der Waals surface area contributed by atoms with Gasteiger partial charge in [-0.1, -0.05) is 24.3 Å². The molecule has 0 radical (unpaired) electrons. The summed E-state index contributed by atoms with van der Waals surface area (Å²) in [4.78, 5) is 19.9. The number of nitrogens with two attached hydrogens (primary N) is 1. The third kappa shape index (κ3) is 2.34. The number of nitrogen functional groups attached to an aromatic ring is 1. The number of aryl methyl sites for hydroxylation is 1. The van der Waals surface area contributed by atoms with Crippen molar-refractivity contribution in [1.29, 1.82) is 0 Å². The van der Waals surface area contributed by atoms with Crippen LogP contribution in [0.5, 0.6) is 0 Å². The first-order valence-corrected chi connectivity index (χ1v) is 6.61. The van der Waals surface area contributed by atoms with Gasteiger partial charge in [-0.05, 0) is 30.4 Å². The molecule has 0 aliphatic heterocycles. The molecule has 1 aromatic carbocycles. The minimum Gasteiger partial charge on any atom is -0.453 e. The Bertz CT molecular complexity index is 643. The fourth-order valence-electron chi connectivity index (χ4n) is 2.52. The van der Waals surface area contributed by atoms with Crippen LogP contribution in [0.3, 0.4) is 0 Å². The third-order valence-corrected chi connectivity index (χ3v) is 3.48. The normalized spacial score (nSPS) is 17.3. The van der Waals surface area contributed by atoms with Gasteiger partial charge in [0, 0.05) is 12.4 Å². The van der Waals surface area contributed by atoms with Crippen LogP contribution in [0.1, 0.15) is 40.6 Å². The largest absolute Gasteiger partial charge is 0.453 e. The second-order valence-electron chi connectivity index (χ2n) is 4.78. The molecule has 1 aromatic heterocycles. The Kier molecular flexibility index (Phi) is 3.33. The van der Waals surface area contributed by atoms with Crippen molar-refractivity contribution < 1.29 is 9.53 Å². The average molecular weight is 269 g/mol. The van der Waals surface area contributed by atoms with Crippen LogP contribution in [0.15, 0.2) is 36.7 Å². The predicted molar refractivity (Wildman–Crippen MR) is 74.0 cm³/mol. The Balaban J connectivity index is 1.83. The topological polar surface area (TPSA) is 78.1 Å². The van der Waals surface area contributed by atoms with E-state index >= 15 is 0 Å². The van der Waals surface area contributed by atoms with Crippen LogP contribution < -0.4 is 5.73 Å². The van der Waals surface area contributed by atoms with E-state index in [-0.39, 0.29) is 17.6 Å². The number of esters is 1. The van der Waals surface area contributed by atoms with Gasteiger partial charge >= 0.3 is 5.97 Å². The fraction of sp³-hybridized carbons (Fsp3) is 0.267. The molecule has 0 amide bonds. The second kappa shape index (κ2) is 5.28. The molecule has 5 heteroatoms. The standard InChI is InChI=1S/C15H15N3O2/c16-14-13(17-8-9-18-14)15(19)20-12-7-3-5-10-4-1-2-6-11(10)12/h1-2,4,6,8-9,12H,3,5,7H2,(H2,16,18). The van der Waals surface area contributed by atoms with E-state index in [1.54, 1.807) is 0 Å². The van der Waals surface area contributed by atoms with Gasteiger partial charge in [0.25, 0.3) is 0 Å². The zero-order valence-corrected chi connectivity index (χ0v) is 11.0. The molecular formula is C15H15N3O2. The Morgan fingerprint density at radius 2 is 2.05 bits per heavy atom. The van der Waals surface area contributed by atoms with E-state index in [1.165, 1.54) is 18.0 Å². The maximum atomic E-state index is 12.1. The number of carbonyl (C=O) groups is 1. The van der Waals surface area contributed by atoms with Crippen molar-refractivity contribution in [3.05, 3.63) is 53.5 Å². The van der Waals surface area contributed by atoms with Gasteiger partial charge in [0.05, 0.1) is 0 Å². The number of rotatable bonds is 2. The minimum atomic E-state index is -0.516. The van der Waals surface area contributed by atoms with E-state index in [0.29, 0.717) is 0 Å². The molecule has 102 valence electrons. The maximum Gasteiger partial charge on any atom is 0.361 e. The summed E-state index contributed by atoms with van der Waals surface area (Å²) in [5.41, 5.74) is 8.04. The van der Waals surface area contributed by atoms with Gasteiger partial charge in [0.15, 0.2) is 11.5 Å². The second-order valence-corrected chi connectivity index (χ2v) is 4.78. The van der Waals surface area contributed by atoms with Crippen molar-refractivity contribution in [2.24, 2.45) is 0 Å². The Hall–Kier alpha value is -2.43. The summed E-state index contributed by atoms with van der Waals surface area (Å²) in [6.45, 7) is 0. The third-order valence-electron chi connectivity index (χ3n) is 3.48. The molecule has 1 aliphatic carbocycles. The zero-order chi connectivity index (χ0) is 13.9. The molecule has 1 unspecified atom stereocenters. The number of aromatic nitrogens is 2. The molecule has 3 rings (SSSR count). The van der Waals surface area contributed by atoms with Crippen LogP contribution in [-0.4, -0.2) is 15.9 Å². The minimum absolute atomic E-state index is 0.0792. The first-order chi connectivity index (χ1) is 9.75. The summed E-state index contributed by atoms with van der Waals surface area (Å²) in [7, 11) is 0. The lowest BCUT2D eigenvalue weighted by Crippen LogP contribution is -2.18. The van der Waals surface area contributed by atoms with Crippen molar-refractivity contribution >= 4 is 11.8 Å². The van der Waals surface area contributed by atoms with E-state index < -0.39 is 5.97 Å². The lowest BCUT2D eigenvalue weighted by Gasteiger charge is -2.25. The summed E-state index contributed by atoms with van der Waals surface area (Å²) in [6.07, 6.45) is 5.50. The molecular weight excluding hydrogens is 254 g/mol. The number of hydrogen-bond acceptors (Lipinski definition) is 5. The number of hydrogen-bond donors (Lipinski definition) is 1. The molecule has 1 aliphatic rings. The van der Waals surface area contributed by atoms with E-state index in [4.69, 9.17) is 10.5 Å². The molecule has 1 heterocycles. The lowest BCUT2D eigenvalue weighted by atomic mass is 9.89. The van der Waals surface area contributed by atoms with Crippen LogP contribution in [-0.2, 0) is 11.2 Å². The van der Waals surface area contributed by atoms with Crippen molar-refractivity contribution in [1.82, 2.24) is 9.97 Å². The van der Waals surface area contributed by atoms with Crippen LogP contribution in [0.25, 0.3) is 0 Å². The van der Waals surface area contributed by atoms with Crippen LogP contribution >= 0.6 is 0 Å². The number of ether oxygens (including phenoxy) is 1. The van der Waals surface area contributed by atoms with Gasteiger partial charge in [-0.15, -0.1) is 0 Å². The van der Waals surface area contributed by atoms with E-state index in [2.05, 4.69) is 16.0 Å². The Labute approximate surface area is 116 Å². The molecule has 5 nitrogen and oxygen atoms in total. The summed E-state index contributed by atoms with van der Waals surface area (Å²) >= 11 is 0. The number of fused-ring (bicyclic) bond motifs is 1. The predicted octanol–water partition coefficient (Wildman–Crippen LogP) is 2.29. The van der Waals surface area contributed by atoms with Crippen LogP contribution in [0, 0.1) is 0 Å². The molecule has 0 saturated heterocycles. The lowest BCUT2D eigenvalue weighted by molar-refractivity contribution is 0.0250. The highest BCUT2D eigenvalue weighted by Gasteiger charge is 2.25. The molecule has 0 saturated carbocycles. The zero-order valence-electron chi connectivity index (χ0n) is 11.0. The highest BCUT2D eigenvalue weighted by atomic mass is 16.5. The molecule has 0 bridgehead atoms. The molecule has 0 spiro atoms. The van der Waals surface area contributed by atoms with E-state index in [9.17, 15) is 4.79 Å². The van der Waals surface area contributed by atoms with Crippen LogP contribution in [0.2, 0.25) is 0 Å². The van der Waals surface area contributed by atoms with Crippen molar-refractivity contribution in [2.75, 3.05) is 5.73 Å². The Morgan fingerprint density at radius 3 is 2.90 bits per heavy atom. The van der Waals surface area contributed by atoms with Crippen LogP contribution in [0.4, 0.5) is 5.82 Å².